The van der Waals surface area contributed by atoms with Crippen LogP contribution < -0.4 is 5.32 Å². The Morgan fingerprint density at radius 2 is 2.08 bits per heavy atom. The summed E-state index contributed by atoms with van der Waals surface area (Å²) in [5.74, 6) is -0.0319. The molecule has 7 heteroatoms. The minimum absolute atomic E-state index is 0.0176. The summed E-state index contributed by atoms with van der Waals surface area (Å²) in [4.78, 5) is 33.3. The van der Waals surface area contributed by atoms with Crippen LogP contribution in [0.2, 0.25) is 0 Å². The summed E-state index contributed by atoms with van der Waals surface area (Å²) < 4.78 is 13.2. The van der Waals surface area contributed by atoms with Crippen molar-refractivity contribution < 1.29 is 14.0 Å². The molecule has 1 fully saturated rings. The molecule has 2 N–H and O–H groups in total. The number of H-pyrrole nitrogens is 1. The van der Waals surface area contributed by atoms with Crippen molar-refractivity contribution >= 4 is 11.8 Å². The molecule has 2 aromatic rings. The molecule has 1 saturated heterocycles. The van der Waals surface area contributed by atoms with E-state index in [1.165, 1.54) is 12.1 Å². The zero-order chi connectivity index (χ0) is 17.6. The number of benzene rings is 1. The maximum Gasteiger partial charge on any atom is 0.240 e. The summed E-state index contributed by atoms with van der Waals surface area (Å²) in [6.07, 6.45) is 6.55. The Bertz CT molecular complexity index is 715. The van der Waals surface area contributed by atoms with Gasteiger partial charge in [-0.25, -0.2) is 9.37 Å². The molecule has 1 atom stereocenters. The van der Waals surface area contributed by atoms with Crippen LogP contribution in [0.4, 0.5) is 4.39 Å². The molecule has 0 bridgehead atoms. The average Bonchev–Trinajstić information content (AvgIpc) is 3.06. The van der Waals surface area contributed by atoms with Crippen molar-refractivity contribution in [3.63, 3.8) is 0 Å². The van der Waals surface area contributed by atoms with Crippen LogP contribution in [0.25, 0.3) is 0 Å². The van der Waals surface area contributed by atoms with Crippen LogP contribution in [0, 0.1) is 5.82 Å². The molecule has 0 aliphatic carbocycles. The molecule has 1 aliphatic heterocycles. The van der Waals surface area contributed by atoms with Crippen LogP contribution in [0.1, 0.15) is 43.1 Å². The molecule has 0 saturated carbocycles. The molecule has 1 unspecified atom stereocenters. The van der Waals surface area contributed by atoms with Gasteiger partial charge >= 0.3 is 0 Å². The van der Waals surface area contributed by atoms with E-state index in [1.54, 1.807) is 29.4 Å². The highest BCUT2D eigenvalue weighted by molar-refractivity contribution is 5.85. The Morgan fingerprint density at radius 3 is 2.80 bits per heavy atom. The Balaban J connectivity index is 1.72. The van der Waals surface area contributed by atoms with Crippen molar-refractivity contribution in [3.05, 3.63) is 53.9 Å². The standard InChI is InChI=1S/C18H21FN4O2/c19-14-7-5-13(6-8-14)17(18-20-9-10-21-18)22-15(24)12-23-11-3-1-2-4-16(23)25/h5-10,17H,1-4,11-12H2,(H,20,21)(H,22,24). The van der Waals surface area contributed by atoms with E-state index in [1.807, 2.05) is 0 Å². The van der Waals surface area contributed by atoms with Gasteiger partial charge in [0.05, 0.1) is 6.54 Å². The molecule has 6 nitrogen and oxygen atoms in total. The molecular weight excluding hydrogens is 323 g/mol. The Morgan fingerprint density at radius 1 is 1.28 bits per heavy atom. The first kappa shape index (κ1) is 17.1. The fraction of sp³-hybridized carbons (Fsp3) is 0.389. The second-order valence-electron chi connectivity index (χ2n) is 6.15. The van der Waals surface area contributed by atoms with E-state index >= 15 is 0 Å². The lowest BCUT2D eigenvalue weighted by atomic mass is 10.1. The summed E-state index contributed by atoms with van der Waals surface area (Å²) >= 11 is 0. The fourth-order valence-electron chi connectivity index (χ4n) is 2.99. The number of hydrogen-bond donors (Lipinski definition) is 2. The fourth-order valence-corrected chi connectivity index (χ4v) is 2.99. The van der Waals surface area contributed by atoms with Crippen molar-refractivity contribution in [1.29, 1.82) is 0 Å². The number of aromatic nitrogens is 2. The quantitative estimate of drug-likeness (QED) is 0.872. The molecule has 0 radical (unpaired) electrons. The third-order valence-electron chi connectivity index (χ3n) is 4.31. The number of carbonyl (C=O) groups excluding carboxylic acids is 2. The topological polar surface area (TPSA) is 78.1 Å². The third kappa shape index (κ3) is 4.43. The van der Waals surface area contributed by atoms with Crippen molar-refractivity contribution in [3.8, 4) is 0 Å². The highest BCUT2D eigenvalue weighted by atomic mass is 19.1. The molecule has 1 aliphatic rings. The number of hydrogen-bond acceptors (Lipinski definition) is 3. The lowest BCUT2D eigenvalue weighted by Crippen LogP contribution is -2.42. The van der Waals surface area contributed by atoms with Gasteiger partial charge in [0.2, 0.25) is 11.8 Å². The molecule has 3 rings (SSSR count). The zero-order valence-corrected chi connectivity index (χ0v) is 13.9. The molecule has 132 valence electrons. The van der Waals surface area contributed by atoms with Crippen molar-refractivity contribution in [2.45, 2.75) is 31.7 Å². The van der Waals surface area contributed by atoms with E-state index in [0.29, 0.717) is 24.4 Å². The van der Waals surface area contributed by atoms with Crippen LogP contribution in [0.15, 0.2) is 36.7 Å². The van der Waals surface area contributed by atoms with Crippen LogP contribution in [0.5, 0.6) is 0 Å². The van der Waals surface area contributed by atoms with Gasteiger partial charge in [-0.15, -0.1) is 0 Å². The maximum atomic E-state index is 13.2. The molecule has 2 amide bonds. The summed E-state index contributed by atoms with van der Waals surface area (Å²) in [5.41, 5.74) is 0.715. The summed E-state index contributed by atoms with van der Waals surface area (Å²) in [7, 11) is 0. The maximum absolute atomic E-state index is 13.2. The first-order valence-corrected chi connectivity index (χ1v) is 8.45. The number of carbonyl (C=O) groups is 2. The Kier molecular flexibility index (Phi) is 5.42. The zero-order valence-electron chi connectivity index (χ0n) is 13.9. The molecular formula is C18H21FN4O2. The van der Waals surface area contributed by atoms with E-state index in [2.05, 4.69) is 15.3 Å². The van der Waals surface area contributed by atoms with Gasteiger partial charge in [-0.3, -0.25) is 9.59 Å². The Labute approximate surface area is 145 Å². The summed E-state index contributed by atoms with van der Waals surface area (Å²) in [5, 5.41) is 2.89. The van der Waals surface area contributed by atoms with E-state index in [-0.39, 0.29) is 24.2 Å². The molecule has 1 aromatic carbocycles. The van der Waals surface area contributed by atoms with Gasteiger partial charge < -0.3 is 15.2 Å². The number of amides is 2. The van der Waals surface area contributed by atoms with Gasteiger partial charge in [0.25, 0.3) is 0 Å². The van der Waals surface area contributed by atoms with Crippen LogP contribution in [-0.2, 0) is 9.59 Å². The molecule has 25 heavy (non-hydrogen) atoms. The van der Waals surface area contributed by atoms with Gasteiger partial charge in [-0.2, -0.15) is 0 Å². The van der Waals surface area contributed by atoms with E-state index in [4.69, 9.17) is 0 Å². The van der Waals surface area contributed by atoms with Crippen molar-refractivity contribution in [1.82, 2.24) is 20.2 Å². The van der Waals surface area contributed by atoms with Crippen molar-refractivity contribution in [2.24, 2.45) is 0 Å². The van der Waals surface area contributed by atoms with Gasteiger partial charge in [-0.1, -0.05) is 18.6 Å². The second-order valence-corrected chi connectivity index (χ2v) is 6.15. The highest BCUT2D eigenvalue weighted by Crippen LogP contribution is 2.19. The lowest BCUT2D eigenvalue weighted by molar-refractivity contribution is -0.135. The van der Waals surface area contributed by atoms with Gasteiger partial charge in [-0.05, 0) is 30.5 Å². The predicted octanol–water partition coefficient (Wildman–Crippen LogP) is 2.16. The second kappa shape index (κ2) is 7.92. The first-order chi connectivity index (χ1) is 12.1. The average molecular weight is 344 g/mol. The minimum Gasteiger partial charge on any atom is -0.347 e. The number of nitrogens with one attached hydrogen (secondary N) is 2. The number of nitrogens with zero attached hydrogens (tertiary/aromatic N) is 2. The summed E-state index contributed by atoms with van der Waals surface area (Å²) in [6.45, 7) is 0.630. The number of halogens is 1. The number of aromatic amines is 1. The van der Waals surface area contributed by atoms with E-state index < -0.39 is 6.04 Å². The molecule has 1 aromatic heterocycles. The highest BCUT2D eigenvalue weighted by Gasteiger charge is 2.23. The van der Waals surface area contributed by atoms with Crippen molar-refractivity contribution in [2.75, 3.05) is 13.1 Å². The monoisotopic (exact) mass is 344 g/mol. The van der Waals surface area contributed by atoms with Gasteiger partial charge in [0.1, 0.15) is 17.7 Å². The van der Waals surface area contributed by atoms with E-state index in [9.17, 15) is 14.0 Å². The predicted molar refractivity (Wildman–Crippen MR) is 90.0 cm³/mol. The normalized spacial score (nSPS) is 16.4. The third-order valence-corrected chi connectivity index (χ3v) is 4.31. The molecule has 0 spiro atoms. The number of likely N-dealkylation sites (tertiary alicyclic amines) is 1. The van der Waals surface area contributed by atoms with E-state index in [0.717, 1.165) is 19.3 Å². The smallest absolute Gasteiger partial charge is 0.240 e. The van der Waals surface area contributed by atoms with Crippen LogP contribution in [0.3, 0.4) is 0 Å². The SMILES string of the molecule is O=C(CN1CCCCCC1=O)NC(c1ccc(F)cc1)c1ncc[nH]1. The molecule has 2 heterocycles. The number of rotatable bonds is 5. The summed E-state index contributed by atoms with van der Waals surface area (Å²) in [6, 6.07) is 5.39. The van der Waals surface area contributed by atoms with Crippen LogP contribution >= 0.6 is 0 Å². The largest absolute Gasteiger partial charge is 0.347 e. The van der Waals surface area contributed by atoms with Crippen LogP contribution in [-0.4, -0.2) is 39.8 Å². The van der Waals surface area contributed by atoms with Gasteiger partial charge in [0.15, 0.2) is 0 Å². The Hall–Kier alpha value is -2.70. The first-order valence-electron chi connectivity index (χ1n) is 8.45. The number of imidazole rings is 1. The lowest BCUT2D eigenvalue weighted by Gasteiger charge is -2.22. The minimum atomic E-state index is -0.523. The van der Waals surface area contributed by atoms with Gasteiger partial charge in [0, 0.05) is 25.4 Å².